The molecule has 24 heavy (non-hydrogen) atoms. The van der Waals surface area contributed by atoms with Crippen molar-refractivity contribution in [3.05, 3.63) is 52.9 Å². The number of nitrogens with zero attached hydrogens (tertiary/aromatic N) is 3. The maximum absolute atomic E-state index is 12.2. The molecule has 3 aromatic rings. The molecule has 1 fully saturated rings. The van der Waals surface area contributed by atoms with Crippen LogP contribution in [0.1, 0.15) is 0 Å². The lowest BCUT2D eigenvalue weighted by Crippen LogP contribution is -2.38. The SMILES string of the molecule is O=c1cc(-c2cnn(CCN3CCOCC3)c2)[nH]c2ccccc12. The van der Waals surface area contributed by atoms with Crippen LogP contribution in [-0.2, 0) is 11.3 Å². The van der Waals surface area contributed by atoms with Crippen molar-refractivity contribution >= 4 is 10.9 Å². The second-order valence-electron chi connectivity index (χ2n) is 6.04. The van der Waals surface area contributed by atoms with Crippen LogP contribution in [0.5, 0.6) is 0 Å². The molecule has 1 aliphatic rings. The maximum Gasteiger partial charge on any atom is 0.190 e. The number of benzene rings is 1. The highest BCUT2D eigenvalue weighted by Crippen LogP contribution is 2.17. The number of rotatable bonds is 4. The Bertz CT molecular complexity index is 893. The number of pyridine rings is 1. The van der Waals surface area contributed by atoms with Crippen molar-refractivity contribution in [3.63, 3.8) is 0 Å². The highest BCUT2D eigenvalue weighted by atomic mass is 16.5. The summed E-state index contributed by atoms with van der Waals surface area (Å²) in [5.41, 5.74) is 2.61. The summed E-state index contributed by atoms with van der Waals surface area (Å²) in [5.74, 6) is 0. The first-order valence-electron chi connectivity index (χ1n) is 8.24. The second kappa shape index (κ2) is 6.59. The molecule has 124 valence electrons. The molecule has 6 heteroatoms. The van der Waals surface area contributed by atoms with Crippen molar-refractivity contribution in [1.82, 2.24) is 19.7 Å². The molecule has 0 saturated carbocycles. The minimum atomic E-state index is 0.0282. The molecular formula is C18H20N4O2. The number of nitrogens with one attached hydrogen (secondary N) is 1. The fourth-order valence-corrected chi connectivity index (χ4v) is 3.05. The van der Waals surface area contributed by atoms with E-state index in [9.17, 15) is 4.79 Å². The number of aromatic nitrogens is 3. The van der Waals surface area contributed by atoms with Gasteiger partial charge in [-0.05, 0) is 12.1 Å². The van der Waals surface area contributed by atoms with E-state index < -0.39 is 0 Å². The van der Waals surface area contributed by atoms with Crippen molar-refractivity contribution in [2.24, 2.45) is 0 Å². The van der Waals surface area contributed by atoms with Crippen molar-refractivity contribution < 1.29 is 4.74 Å². The number of hydrogen-bond acceptors (Lipinski definition) is 4. The van der Waals surface area contributed by atoms with Gasteiger partial charge in [0.25, 0.3) is 0 Å². The van der Waals surface area contributed by atoms with Gasteiger partial charge in [-0.15, -0.1) is 0 Å². The molecule has 0 amide bonds. The normalized spacial score (nSPS) is 15.8. The number of fused-ring (bicyclic) bond motifs is 1. The van der Waals surface area contributed by atoms with Crippen molar-refractivity contribution in [1.29, 1.82) is 0 Å². The zero-order valence-electron chi connectivity index (χ0n) is 13.4. The fourth-order valence-electron chi connectivity index (χ4n) is 3.05. The maximum atomic E-state index is 12.2. The summed E-state index contributed by atoms with van der Waals surface area (Å²) in [4.78, 5) is 17.9. The molecule has 1 aromatic carbocycles. The average Bonchev–Trinajstić information content (AvgIpc) is 3.10. The second-order valence-corrected chi connectivity index (χ2v) is 6.04. The van der Waals surface area contributed by atoms with Crippen molar-refractivity contribution in [3.8, 4) is 11.3 Å². The first kappa shape index (κ1) is 15.1. The highest BCUT2D eigenvalue weighted by molar-refractivity contribution is 5.81. The number of H-pyrrole nitrogens is 1. The van der Waals surface area contributed by atoms with Gasteiger partial charge in [-0.1, -0.05) is 12.1 Å². The molecule has 0 aliphatic carbocycles. The molecule has 6 nitrogen and oxygen atoms in total. The lowest BCUT2D eigenvalue weighted by molar-refractivity contribution is 0.0360. The van der Waals surface area contributed by atoms with Gasteiger partial charge in [0.05, 0.1) is 31.6 Å². The lowest BCUT2D eigenvalue weighted by atomic mass is 10.1. The van der Waals surface area contributed by atoms with E-state index in [0.29, 0.717) is 5.39 Å². The minimum Gasteiger partial charge on any atom is -0.379 e. The van der Waals surface area contributed by atoms with Gasteiger partial charge >= 0.3 is 0 Å². The summed E-state index contributed by atoms with van der Waals surface area (Å²) >= 11 is 0. The Balaban J connectivity index is 1.53. The Morgan fingerprint density at radius 3 is 2.88 bits per heavy atom. The zero-order chi connectivity index (χ0) is 16.4. The monoisotopic (exact) mass is 324 g/mol. The molecule has 0 atom stereocenters. The van der Waals surface area contributed by atoms with E-state index in [0.717, 1.165) is 56.2 Å². The molecule has 0 radical (unpaired) electrons. The topological polar surface area (TPSA) is 63.1 Å². The molecule has 0 bridgehead atoms. The molecular weight excluding hydrogens is 304 g/mol. The van der Waals surface area contributed by atoms with Gasteiger partial charge in [-0.25, -0.2) is 0 Å². The fraction of sp³-hybridized carbons (Fsp3) is 0.333. The number of aromatic amines is 1. The van der Waals surface area contributed by atoms with Crippen LogP contribution in [0.25, 0.3) is 22.2 Å². The van der Waals surface area contributed by atoms with Gasteiger partial charge in [-0.3, -0.25) is 14.4 Å². The van der Waals surface area contributed by atoms with E-state index >= 15 is 0 Å². The molecule has 0 spiro atoms. The van der Waals surface area contributed by atoms with E-state index in [1.54, 1.807) is 12.3 Å². The van der Waals surface area contributed by atoms with Gasteiger partial charge in [-0.2, -0.15) is 5.10 Å². The van der Waals surface area contributed by atoms with Gasteiger partial charge < -0.3 is 9.72 Å². The number of para-hydroxylation sites is 1. The third-order valence-corrected chi connectivity index (χ3v) is 4.43. The Morgan fingerprint density at radius 1 is 1.17 bits per heavy atom. The van der Waals surface area contributed by atoms with Crippen LogP contribution in [0.3, 0.4) is 0 Å². The third kappa shape index (κ3) is 3.11. The predicted octanol–water partition coefficient (Wildman–Crippen LogP) is 1.72. The summed E-state index contributed by atoms with van der Waals surface area (Å²) in [6.45, 7) is 5.36. The summed E-state index contributed by atoms with van der Waals surface area (Å²) in [6.07, 6.45) is 3.79. The molecule has 1 N–H and O–H groups in total. The zero-order valence-corrected chi connectivity index (χ0v) is 13.4. The van der Waals surface area contributed by atoms with Gasteiger partial charge in [0.15, 0.2) is 5.43 Å². The largest absolute Gasteiger partial charge is 0.379 e. The standard InChI is InChI=1S/C18H20N4O2/c23-18-11-17(20-16-4-2-1-3-15(16)18)14-12-19-22(13-14)6-5-21-7-9-24-10-8-21/h1-4,11-13H,5-10H2,(H,20,23). The van der Waals surface area contributed by atoms with Crippen LogP contribution in [0, 0.1) is 0 Å². The Morgan fingerprint density at radius 2 is 2.00 bits per heavy atom. The quantitative estimate of drug-likeness (QED) is 0.794. The Kier molecular flexibility index (Phi) is 4.15. The predicted molar refractivity (Wildman–Crippen MR) is 93.0 cm³/mol. The van der Waals surface area contributed by atoms with Gasteiger partial charge in [0.2, 0.25) is 0 Å². The van der Waals surface area contributed by atoms with E-state index in [1.165, 1.54) is 0 Å². The summed E-state index contributed by atoms with van der Waals surface area (Å²) in [5, 5.41) is 5.13. The highest BCUT2D eigenvalue weighted by Gasteiger charge is 2.11. The Hall–Kier alpha value is -2.44. The first-order valence-corrected chi connectivity index (χ1v) is 8.24. The average molecular weight is 324 g/mol. The van der Waals surface area contributed by atoms with E-state index in [-0.39, 0.29) is 5.43 Å². The van der Waals surface area contributed by atoms with Crippen LogP contribution in [0.4, 0.5) is 0 Å². The Labute approximate surface area is 139 Å². The van der Waals surface area contributed by atoms with Gasteiger partial charge in [0, 0.05) is 48.4 Å². The molecule has 2 aromatic heterocycles. The van der Waals surface area contributed by atoms with Crippen molar-refractivity contribution in [2.45, 2.75) is 6.54 Å². The van der Waals surface area contributed by atoms with Gasteiger partial charge in [0.1, 0.15) is 0 Å². The molecule has 1 aliphatic heterocycles. The summed E-state index contributed by atoms with van der Waals surface area (Å²) < 4.78 is 7.29. The summed E-state index contributed by atoms with van der Waals surface area (Å²) in [6, 6.07) is 9.20. The van der Waals surface area contributed by atoms with Crippen LogP contribution in [0.15, 0.2) is 47.5 Å². The molecule has 0 unspecified atom stereocenters. The molecule has 4 rings (SSSR count). The van der Waals surface area contributed by atoms with Crippen LogP contribution >= 0.6 is 0 Å². The first-order chi connectivity index (χ1) is 11.8. The van der Waals surface area contributed by atoms with Crippen LogP contribution < -0.4 is 5.43 Å². The van der Waals surface area contributed by atoms with Crippen molar-refractivity contribution in [2.75, 3.05) is 32.8 Å². The lowest BCUT2D eigenvalue weighted by Gasteiger charge is -2.26. The van der Waals surface area contributed by atoms with E-state index in [4.69, 9.17) is 4.74 Å². The summed E-state index contributed by atoms with van der Waals surface area (Å²) in [7, 11) is 0. The number of ether oxygens (including phenoxy) is 1. The molecule has 3 heterocycles. The van der Waals surface area contributed by atoms with E-state index in [1.807, 2.05) is 35.1 Å². The smallest absolute Gasteiger partial charge is 0.190 e. The number of morpholine rings is 1. The third-order valence-electron chi connectivity index (χ3n) is 4.43. The van der Waals surface area contributed by atoms with E-state index in [2.05, 4.69) is 15.0 Å². The van der Waals surface area contributed by atoms with Crippen LogP contribution in [0.2, 0.25) is 0 Å². The molecule has 1 saturated heterocycles. The van der Waals surface area contributed by atoms with Crippen LogP contribution in [-0.4, -0.2) is 52.5 Å². The number of hydrogen-bond donors (Lipinski definition) is 1. The minimum absolute atomic E-state index is 0.0282.